The van der Waals surface area contributed by atoms with E-state index in [-0.39, 0.29) is 0 Å². The minimum absolute atomic E-state index is 0.803. The summed E-state index contributed by atoms with van der Waals surface area (Å²) in [5.41, 5.74) is 1.09. The normalized spacial score (nSPS) is 10.8. The number of pyridine rings is 1. The van der Waals surface area contributed by atoms with Crippen molar-refractivity contribution in [1.29, 1.82) is 0 Å². The van der Waals surface area contributed by atoms with Crippen LogP contribution in [0.2, 0.25) is 0 Å². The highest BCUT2D eigenvalue weighted by Crippen LogP contribution is 2.25. The smallest absolute Gasteiger partial charge is 0.136 e. The number of benzene rings is 1. The highest BCUT2D eigenvalue weighted by molar-refractivity contribution is 5.92. The molecule has 0 radical (unpaired) electrons. The molecule has 0 spiro atoms. The predicted molar refractivity (Wildman–Crippen MR) is 78.1 cm³/mol. The number of anilines is 1. The monoisotopic (exact) mass is 243 g/mol. The van der Waals surface area contributed by atoms with Crippen molar-refractivity contribution < 1.29 is 0 Å². The van der Waals surface area contributed by atoms with Gasteiger partial charge in [-0.15, -0.1) is 0 Å². The van der Waals surface area contributed by atoms with Gasteiger partial charge < -0.3 is 10.2 Å². The Morgan fingerprint density at radius 1 is 1.28 bits per heavy atom. The van der Waals surface area contributed by atoms with E-state index in [1.54, 1.807) is 0 Å². The second-order valence-electron chi connectivity index (χ2n) is 4.61. The Balaban J connectivity index is 2.53. The van der Waals surface area contributed by atoms with Crippen LogP contribution in [0.15, 0.2) is 30.3 Å². The van der Waals surface area contributed by atoms with Crippen LogP contribution in [0.25, 0.3) is 10.8 Å². The Bertz CT molecular complexity index is 522. The molecule has 0 bridgehead atoms. The first-order valence-electron chi connectivity index (χ1n) is 6.50. The highest BCUT2D eigenvalue weighted by atomic mass is 15.2. The molecule has 96 valence electrons. The van der Waals surface area contributed by atoms with E-state index < -0.39 is 0 Å². The van der Waals surface area contributed by atoms with Crippen molar-refractivity contribution in [3.63, 3.8) is 0 Å². The molecule has 2 aromatic rings. The summed E-state index contributed by atoms with van der Waals surface area (Å²) < 4.78 is 0. The average molecular weight is 243 g/mol. The molecule has 0 amide bonds. The van der Waals surface area contributed by atoms with Crippen LogP contribution in [-0.2, 0) is 6.54 Å². The summed E-state index contributed by atoms with van der Waals surface area (Å²) in [5.74, 6) is 1.08. The topological polar surface area (TPSA) is 28.2 Å². The molecule has 0 atom stereocenters. The summed E-state index contributed by atoms with van der Waals surface area (Å²) in [5, 5.41) is 5.66. The lowest BCUT2D eigenvalue weighted by Gasteiger charge is -2.20. The van der Waals surface area contributed by atoms with Crippen LogP contribution >= 0.6 is 0 Å². The van der Waals surface area contributed by atoms with Crippen LogP contribution in [-0.4, -0.2) is 25.6 Å². The number of rotatable bonds is 5. The molecule has 0 saturated heterocycles. The molecular formula is C15H21N3. The van der Waals surface area contributed by atoms with Gasteiger partial charge >= 0.3 is 0 Å². The Labute approximate surface area is 109 Å². The second kappa shape index (κ2) is 5.83. The molecule has 0 unspecified atom stereocenters. The Hall–Kier alpha value is -1.61. The quantitative estimate of drug-likeness (QED) is 0.875. The minimum atomic E-state index is 0.803. The number of hydrogen-bond acceptors (Lipinski definition) is 3. The maximum Gasteiger partial charge on any atom is 0.136 e. The Kier molecular flexibility index (Phi) is 4.15. The fourth-order valence-corrected chi connectivity index (χ4v) is 2.24. The zero-order valence-corrected chi connectivity index (χ0v) is 11.4. The molecule has 2 rings (SSSR count). The number of fused-ring (bicyclic) bond motifs is 1. The van der Waals surface area contributed by atoms with E-state index in [9.17, 15) is 0 Å². The molecule has 1 aromatic carbocycles. The van der Waals surface area contributed by atoms with Crippen molar-refractivity contribution in [3.05, 3.63) is 36.0 Å². The lowest BCUT2D eigenvalue weighted by Crippen LogP contribution is -2.20. The number of nitrogens with one attached hydrogen (secondary N) is 1. The first-order valence-corrected chi connectivity index (χ1v) is 6.50. The number of aromatic nitrogens is 1. The summed E-state index contributed by atoms with van der Waals surface area (Å²) in [6, 6.07) is 10.6. The molecule has 18 heavy (non-hydrogen) atoms. The summed E-state index contributed by atoms with van der Waals surface area (Å²) in [4.78, 5) is 7.01. The molecular weight excluding hydrogens is 222 g/mol. The number of hydrogen-bond donors (Lipinski definition) is 1. The van der Waals surface area contributed by atoms with Crippen LogP contribution in [0.4, 0.5) is 5.82 Å². The molecule has 0 aliphatic heterocycles. The van der Waals surface area contributed by atoms with Crippen molar-refractivity contribution in [2.75, 3.05) is 25.5 Å². The van der Waals surface area contributed by atoms with E-state index >= 15 is 0 Å². The van der Waals surface area contributed by atoms with Crippen LogP contribution in [0.1, 0.15) is 19.0 Å². The maximum atomic E-state index is 4.77. The molecule has 0 saturated carbocycles. The molecule has 0 aliphatic rings. The lowest BCUT2D eigenvalue weighted by atomic mass is 10.1. The highest BCUT2D eigenvalue weighted by Gasteiger charge is 2.09. The van der Waals surface area contributed by atoms with Gasteiger partial charge in [0.15, 0.2) is 0 Å². The fraction of sp³-hybridized carbons (Fsp3) is 0.400. The van der Waals surface area contributed by atoms with Gasteiger partial charge in [0.25, 0.3) is 0 Å². The van der Waals surface area contributed by atoms with Crippen molar-refractivity contribution in [2.24, 2.45) is 0 Å². The van der Waals surface area contributed by atoms with E-state index in [1.807, 2.05) is 7.05 Å². The largest absolute Gasteiger partial charge is 0.359 e. The first kappa shape index (κ1) is 12.8. The van der Waals surface area contributed by atoms with Gasteiger partial charge in [0.05, 0.1) is 5.69 Å². The Morgan fingerprint density at radius 2 is 2.06 bits per heavy atom. The van der Waals surface area contributed by atoms with Gasteiger partial charge in [-0.2, -0.15) is 0 Å². The second-order valence-corrected chi connectivity index (χ2v) is 4.61. The van der Waals surface area contributed by atoms with Gasteiger partial charge in [-0.25, -0.2) is 4.98 Å². The molecule has 3 heteroatoms. The molecule has 0 fully saturated rings. The summed E-state index contributed by atoms with van der Waals surface area (Å²) >= 11 is 0. The molecule has 1 heterocycles. The van der Waals surface area contributed by atoms with E-state index in [4.69, 9.17) is 4.98 Å². The van der Waals surface area contributed by atoms with Gasteiger partial charge in [0.2, 0.25) is 0 Å². The van der Waals surface area contributed by atoms with Crippen molar-refractivity contribution in [1.82, 2.24) is 10.3 Å². The van der Waals surface area contributed by atoms with Gasteiger partial charge in [0.1, 0.15) is 5.82 Å². The van der Waals surface area contributed by atoms with E-state index in [2.05, 4.69) is 54.5 Å². The standard InChI is InChI=1S/C15H21N3/c1-4-9-18(3)15-14-8-6-5-7-12(14)10-13(17-15)11-16-2/h5-8,10,16H,4,9,11H2,1-3H3. The van der Waals surface area contributed by atoms with Crippen molar-refractivity contribution in [3.8, 4) is 0 Å². The zero-order valence-electron chi connectivity index (χ0n) is 11.4. The van der Waals surface area contributed by atoms with Gasteiger partial charge in [0, 0.05) is 25.5 Å². The van der Waals surface area contributed by atoms with Crippen LogP contribution < -0.4 is 10.2 Å². The summed E-state index contributed by atoms with van der Waals surface area (Å²) in [7, 11) is 4.06. The molecule has 0 aliphatic carbocycles. The zero-order chi connectivity index (χ0) is 13.0. The van der Waals surface area contributed by atoms with Crippen LogP contribution in [0.5, 0.6) is 0 Å². The van der Waals surface area contributed by atoms with E-state index in [1.165, 1.54) is 10.8 Å². The predicted octanol–water partition coefficient (Wildman–Crippen LogP) is 2.80. The van der Waals surface area contributed by atoms with Crippen molar-refractivity contribution >= 4 is 16.6 Å². The molecule has 3 nitrogen and oxygen atoms in total. The van der Waals surface area contributed by atoms with Gasteiger partial charge in [-0.1, -0.05) is 31.2 Å². The van der Waals surface area contributed by atoms with E-state index in [0.29, 0.717) is 0 Å². The van der Waals surface area contributed by atoms with Crippen LogP contribution in [0.3, 0.4) is 0 Å². The van der Waals surface area contributed by atoms with E-state index in [0.717, 1.165) is 31.0 Å². The minimum Gasteiger partial charge on any atom is -0.359 e. The third kappa shape index (κ3) is 2.62. The average Bonchev–Trinajstić information content (AvgIpc) is 2.38. The first-order chi connectivity index (χ1) is 8.76. The third-order valence-electron chi connectivity index (χ3n) is 3.05. The van der Waals surface area contributed by atoms with Gasteiger partial charge in [-0.3, -0.25) is 0 Å². The van der Waals surface area contributed by atoms with Crippen molar-refractivity contribution in [2.45, 2.75) is 19.9 Å². The third-order valence-corrected chi connectivity index (χ3v) is 3.05. The Morgan fingerprint density at radius 3 is 2.78 bits per heavy atom. The van der Waals surface area contributed by atoms with Gasteiger partial charge in [-0.05, 0) is 24.9 Å². The number of nitrogens with zero attached hydrogens (tertiary/aromatic N) is 2. The summed E-state index contributed by atoms with van der Waals surface area (Å²) in [6.45, 7) is 4.02. The SMILES string of the molecule is CCCN(C)c1nc(CNC)cc2ccccc12. The fourth-order valence-electron chi connectivity index (χ4n) is 2.24. The van der Waals surface area contributed by atoms with Crippen LogP contribution in [0, 0.1) is 0 Å². The summed E-state index contributed by atoms with van der Waals surface area (Å²) in [6.07, 6.45) is 1.13. The molecule has 1 aromatic heterocycles. The molecule has 1 N–H and O–H groups in total. The lowest BCUT2D eigenvalue weighted by molar-refractivity contribution is 0.782. The maximum absolute atomic E-state index is 4.77.